The summed E-state index contributed by atoms with van der Waals surface area (Å²) in [6.45, 7) is 7.60. The Kier molecular flexibility index (Phi) is 2.05. The van der Waals surface area contributed by atoms with Crippen molar-refractivity contribution in [2.45, 2.75) is 65.7 Å². The molecule has 0 bridgehead atoms. The number of fused-ring (bicyclic) bond motifs is 4. The summed E-state index contributed by atoms with van der Waals surface area (Å²) in [5, 5.41) is 0. The van der Waals surface area contributed by atoms with Gasteiger partial charge in [-0.05, 0) is 60.7 Å². The lowest BCUT2D eigenvalue weighted by atomic mass is 9.38. The maximum atomic E-state index is 2.62. The maximum absolute atomic E-state index is 2.62. The van der Waals surface area contributed by atoms with Gasteiger partial charge in [-0.25, -0.2) is 0 Å². The van der Waals surface area contributed by atoms with E-state index in [9.17, 15) is 0 Å². The Labute approximate surface area is 94.8 Å². The van der Waals surface area contributed by atoms with Gasteiger partial charge in [-0.2, -0.15) is 0 Å². The second kappa shape index (κ2) is 3.02. The molecule has 3 aliphatic rings. The van der Waals surface area contributed by atoms with Crippen LogP contribution in [-0.4, -0.2) is 0 Å². The Hall–Kier alpha value is 0. The molecule has 0 radical (unpaired) electrons. The van der Waals surface area contributed by atoms with Crippen LogP contribution in [0.1, 0.15) is 65.7 Å². The molecule has 0 aromatic heterocycles. The van der Waals surface area contributed by atoms with Gasteiger partial charge in [0.15, 0.2) is 0 Å². The van der Waals surface area contributed by atoms with Crippen molar-refractivity contribution >= 4 is 0 Å². The second-order valence-electron chi connectivity index (χ2n) is 7.55. The van der Waals surface area contributed by atoms with Gasteiger partial charge in [0, 0.05) is 0 Å². The predicted molar refractivity (Wildman–Crippen MR) is 64.7 cm³/mol. The lowest BCUT2D eigenvalue weighted by Gasteiger charge is -2.67. The summed E-state index contributed by atoms with van der Waals surface area (Å²) < 4.78 is 0. The van der Waals surface area contributed by atoms with Gasteiger partial charge >= 0.3 is 0 Å². The quantitative estimate of drug-likeness (QED) is 0.541. The molecule has 0 nitrogen and oxygen atoms in total. The largest absolute Gasteiger partial charge is 0.0599 e. The van der Waals surface area contributed by atoms with E-state index in [1.165, 1.54) is 32.1 Å². The van der Waals surface area contributed by atoms with Crippen molar-refractivity contribution in [3.63, 3.8) is 0 Å². The van der Waals surface area contributed by atoms with Crippen molar-refractivity contribution in [1.82, 2.24) is 0 Å². The van der Waals surface area contributed by atoms with Crippen molar-refractivity contribution in [2.75, 3.05) is 0 Å². The molecular weight excluding hydrogens is 180 g/mol. The Balaban J connectivity index is 1.82. The number of hydrogen-bond acceptors (Lipinski definition) is 0. The van der Waals surface area contributed by atoms with Crippen LogP contribution in [0.5, 0.6) is 0 Å². The molecule has 4 atom stereocenters. The van der Waals surface area contributed by atoms with Crippen LogP contribution in [0, 0.1) is 28.6 Å². The van der Waals surface area contributed by atoms with Crippen LogP contribution in [-0.2, 0) is 0 Å². The second-order valence-corrected chi connectivity index (χ2v) is 7.55. The zero-order chi connectivity index (χ0) is 10.7. The molecule has 3 rings (SSSR count). The lowest BCUT2D eigenvalue weighted by molar-refractivity contribution is -0.181. The zero-order valence-electron chi connectivity index (χ0n) is 10.7. The monoisotopic (exact) mass is 206 g/mol. The maximum Gasteiger partial charge on any atom is -0.0259 e. The Morgan fingerprint density at radius 1 is 0.867 bits per heavy atom. The first-order valence-corrected chi connectivity index (χ1v) is 7.03. The SMILES string of the molecule is CC1(C)CCC2C3CCCCC3C2(C)C1. The molecule has 86 valence electrons. The molecule has 3 aliphatic carbocycles. The van der Waals surface area contributed by atoms with Crippen LogP contribution in [0.25, 0.3) is 0 Å². The average Bonchev–Trinajstić information content (AvgIpc) is 2.15. The summed E-state index contributed by atoms with van der Waals surface area (Å²) in [6.07, 6.45) is 10.7. The number of hydrogen-bond donors (Lipinski definition) is 0. The van der Waals surface area contributed by atoms with E-state index in [1.54, 1.807) is 12.8 Å². The molecule has 4 unspecified atom stereocenters. The molecule has 3 saturated carbocycles. The van der Waals surface area contributed by atoms with Gasteiger partial charge in [-0.1, -0.05) is 33.6 Å². The fourth-order valence-electron chi connectivity index (χ4n) is 5.58. The summed E-state index contributed by atoms with van der Waals surface area (Å²) in [4.78, 5) is 0. The highest BCUT2D eigenvalue weighted by Crippen LogP contribution is 2.69. The molecule has 0 aromatic carbocycles. The van der Waals surface area contributed by atoms with Crippen LogP contribution in [0.15, 0.2) is 0 Å². The van der Waals surface area contributed by atoms with Crippen molar-refractivity contribution in [1.29, 1.82) is 0 Å². The molecule has 0 spiro atoms. The fourth-order valence-corrected chi connectivity index (χ4v) is 5.58. The number of rotatable bonds is 0. The Morgan fingerprint density at radius 2 is 1.53 bits per heavy atom. The standard InChI is InChI=1S/C15H26/c1-14(2)9-8-13-11-6-4-5-7-12(11)15(13,3)10-14/h11-13H,4-10H2,1-3H3. The van der Waals surface area contributed by atoms with E-state index < -0.39 is 0 Å². The van der Waals surface area contributed by atoms with Crippen molar-refractivity contribution in [3.05, 3.63) is 0 Å². The predicted octanol–water partition coefficient (Wildman–Crippen LogP) is 4.64. The van der Waals surface area contributed by atoms with E-state index in [2.05, 4.69) is 20.8 Å². The normalized spacial score (nSPS) is 52.6. The molecule has 0 heteroatoms. The van der Waals surface area contributed by atoms with Crippen molar-refractivity contribution in [3.8, 4) is 0 Å². The fraction of sp³-hybridized carbons (Fsp3) is 1.00. The molecule has 0 amide bonds. The summed E-state index contributed by atoms with van der Waals surface area (Å²) in [7, 11) is 0. The van der Waals surface area contributed by atoms with Gasteiger partial charge in [0.1, 0.15) is 0 Å². The molecule has 15 heavy (non-hydrogen) atoms. The topological polar surface area (TPSA) is 0 Å². The molecule has 0 aromatic rings. The molecule has 0 heterocycles. The minimum Gasteiger partial charge on any atom is -0.0599 e. The Morgan fingerprint density at radius 3 is 2.33 bits per heavy atom. The molecule has 0 N–H and O–H groups in total. The van der Waals surface area contributed by atoms with E-state index in [-0.39, 0.29) is 0 Å². The smallest absolute Gasteiger partial charge is 0.0259 e. The minimum atomic E-state index is 0.633. The van der Waals surface area contributed by atoms with Gasteiger partial charge < -0.3 is 0 Å². The van der Waals surface area contributed by atoms with Crippen LogP contribution >= 0.6 is 0 Å². The lowest BCUT2D eigenvalue weighted by Crippen LogP contribution is -2.59. The van der Waals surface area contributed by atoms with E-state index in [0.29, 0.717) is 5.41 Å². The van der Waals surface area contributed by atoms with E-state index in [4.69, 9.17) is 0 Å². The van der Waals surface area contributed by atoms with Gasteiger partial charge in [0.25, 0.3) is 0 Å². The minimum absolute atomic E-state index is 0.633. The molecule has 3 fully saturated rings. The molecule has 0 aliphatic heterocycles. The van der Waals surface area contributed by atoms with Crippen LogP contribution in [0.4, 0.5) is 0 Å². The van der Waals surface area contributed by atoms with Crippen LogP contribution in [0.2, 0.25) is 0 Å². The highest BCUT2D eigenvalue weighted by atomic mass is 14.7. The van der Waals surface area contributed by atoms with Gasteiger partial charge in [-0.15, -0.1) is 0 Å². The molecule has 0 saturated heterocycles. The van der Waals surface area contributed by atoms with Crippen LogP contribution < -0.4 is 0 Å². The average molecular weight is 206 g/mol. The van der Waals surface area contributed by atoms with E-state index in [1.807, 2.05) is 0 Å². The van der Waals surface area contributed by atoms with Gasteiger partial charge in [0.2, 0.25) is 0 Å². The van der Waals surface area contributed by atoms with E-state index >= 15 is 0 Å². The highest BCUT2D eigenvalue weighted by molar-refractivity contribution is 5.10. The van der Waals surface area contributed by atoms with Crippen LogP contribution in [0.3, 0.4) is 0 Å². The third-order valence-corrected chi connectivity index (χ3v) is 6.02. The highest BCUT2D eigenvalue weighted by Gasteiger charge is 2.61. The first kappa shape index (κ1) is 10.2. The summed E-state index contributed by atoms with van der Waals surface area (Å²) in [5.74, 6) is 3.35. The summed E-state index contributed by atoms with van der Waals surface area (Å²) in [6, 6.07) is 0. The zero-order valence-corrected chi connectivity index (χ0v) is 10.7. The first-order chi connectivity index (χ1) is 7.03. The third-order valence-electron chi connectivity index (χ3n) is 6.02. The van der Waals surface area contributed by atoms with Crippen molar-refractivity contribution in [2.24, 2.45) is 28.6 Å². The van der Waals surface area contributed by atoms with E-state index in [0.717, 1.165) is 23.2 Å². The first-order valence-electron chi connectivity index (χ1n) is 7.03. The third kappa shape index (κ3) is 1.33. The summed E-state index contributed by atoms with van der Waals surface area (Å²) in [5.41, 5.74) is 1.38. The van der Waals surface area contributed by atoms with Gasteiger partial charge in [0.05, 0.1) is 0 Å². The van der Waals surface area contributed by atoms with Gasteiger partial charge in [-0.3, -0.25) is 0 Å². The molecular formula is C15H26. The summed E-state index contributed by atoms with van der Waals surface area (Å²) >= 11 is 0. The van der Waals surface area contributed by atoms with Crippen molar-refractivity contribution < 1.29 is 0 Å². The Bertz CT molecular complexity index is 257.